The molecule has 1 aromatic rings. The molecule has 116 valence electrons. The summed E-state index contributed by atoms with van der Waals surface area (Å²) in [5.74, 6) is -1.29. The van der Waals surface area contributed by atoms with Crippen molar-refractivity contribution in [3.05, 3.63) is 33.9 Å². The average Bonchev–Trinajstić information content (AvgIpc) is 2.36. The number of hydrogen-bond acceptors (Lipinski definition) is 4. The van der Waals surface area contributed by atoms with Crippen LogP contribution in [0.2, 0.25) is 0 Å². The fourth-order valence-corrected chi connectivity index (χ4v) is 1.74. The van der Waals surface area contributed by atoms with Crippen molar-refractivity contribution < 1.29 is 28.0 Å². The maximum absolute atomic E-state index is 12.9. The van der Waals surface area contributed by atoms with Crippen molar-refractivity contribution >= 4 is 17.3 Å². The summed E-state index contributed by atoms with van der Waals surface area (Å²) in [5, 5.41) is 21.8. The van der Waals surface area contributed by atoms with Gasteiger partial charge in [-0.3, -0.25) is 10.1 Å². The number of nitro groups is 1. The first kappa shape index (κ1) is 16.7. The first-order valence-corrected chi connectivity index (χ1v) is 6.01. The van der Waals surface area contributed by atoms with E-state index in [0.29, 0.717) is 12.5 Å². The number of nitrogens with one attached hydrogen (secondary N) is 1. The Kier molecular flexibility index (Phi) is 5.12. The van der Waals surface area contributed by atoms with Crippen LogP contribution in [0.1, 0.15) is 25.3 Å². The van der Waals surface area contributed by atoms with Crippen LogP contribution < -0.4 is 5.32 Å². The fourth-order valence-electron chi connectivity index (χ4n) is 1.74. The van der Waals surface area contributed by atoms with Gasteiger partial charge in [-0.2, -0.15) is 13.2 Å². The molecule has 0 aliphatic carbocycles. The Hall–Kier alpha value is -2.32. The van der Waals surface area contributed by atoms with E-state index in [0.717, 1.165) is 12.1 Å². The van der Waals surface area contributed by atoms with Gasteiger partial charge in [0.15, 0.2) is 0 Å². The van der Waals surface area contributed by atoms with Crippen LogP contribution in [0.5, 0.6) is 0 Å². The molecule has 0 bridgehead atoms. The van der Waals surface area contributed by atoms with Gasteiger partial charge in [0.05, 0.1) is 10.5 Å². The third-order valence-corrected chi connectivity index (χ3v) is 2.72. The molecule has 0 saturated heterocycles. The van der Waals surface area contributed by atoms with Gasteiger partial charge in [0.1, 0.15) is 6.04 Å². The molecular formula is C12H13F3N2O4. The number of carbonyl (C=O) groups is 1. The number of carboxylic acids is 1. The number of non-ortho nitro benzene ring substituents is 1. The Bertz CT molecular complexity index is 546. The van der Waals surface area contributed by atoms with Crippen LogP contribution in [0, 0.1) is 10.1 Å². The molecular weight excluding hydrogens is 293 g/mol. The Balaban J connectivity index is 3.22. The van der Waals surface area contributed by atoms with Gasteiger partial charge in [-0.05, 0) is 12.5 Å². The van der Waals surface area contributed by atoms with E-state index < -0.39 is 40.0 Å². The van der Waals surface area contributed by atoms with E-state index in [1.54, 1.807) is 6.92 Å². The second kappa shape index (κ2) is 6.42. The smallest absolute Gasteiger partial charge is 0.418 e. The average molecular weight is 306 g/mol. The van der Waals surface area contributed by atoms with E-state index in [1.807, 2.05) is 0 Å². The van der Waals surface area contributed by atoms with E-state index in [1.165, 1.54) is 0 Å². The van der Waals surface area contributed by atoms with Crippen LogP contribution >= 0.6 is 0 Å². The summed E-state index contributed by atoms with van der Waals surface area (Å²) in [6.07, 6.45) is -4.24. The largest absolute Gasteiger partial charge is 0.480 e. The van der Waals surface area contributed by atoms with Gasteiger partial charge in [-0.15, -0.1) is 0 Å². The van der Waals surface area contributed by atoms with Crippen LogP contribution in [0.25, 0.3) is 0 Å². The van der Waals surface area contributed by atoms with Crippen molar-refractivity contribution in [3.63, 3.8) is 0 Å². The maximum Gasteiger partial charge on any atom is 0.418 e. The molecule has 0 heterocycles. The lowest BCUT2D eigenvalue weighted by atomic mass is 10.1. The first-order valence-electron chi connectivity index (χ1n) is 6.01. The molecule has 0 aliphatic heterocycles. The molecule has 1 rings (SSSR count). The minimum Gasteiger partial charge on any atom is -0.480 e. The second-order valence-electron chi connectivity index (χ2n) is 4.31. The highest BCUT2D eigenvalue weighted by Gasteiger charge is 2.36. The maximum atomic E-state index is 12.9. The summed E-state index contributed by atoms with van der Waals surface area (Å²) < 4.78 is 38.8. The number of carboxylic acid groups (broad SMARTS) is 1. The summed E-state index contributed by atoms with van der Waals surface area (Å²) in [5.41, 5.74) is -2.47. The predicted molar refractivity (Wildman–Crippen MR) is 68.1 cm³/mol. The summed E-state index contributed by atoms with van der Waals surface area (Å²) in [4.78, 5) is 20.6. The number of nitro benzene ring substituents is 1. The molecule has 6 nitrogen and oxygen atoms in total. The Morgan fingerprint density at radius 3 is 2.52 bits per heavy atom. The van der Waals surface area contributed by atoms with Gasteiger partial charge in [-0.25, -0.2) is 4.79 Å². The third-order valence-electron chi connectivity index (χ3n) is 2.72. The van der Waals surface area contributed by atoms with Crippen molar-refractivity contribution in [3.8, 4) is 0 Å². The van der Waals surface area contributed by atoms with Gasteiger partial charge in [0.2, 0.25) is 0 Å². The molecule has 2 N–H and O–H groups in total. The molecule has 1 unspecified atom stereocenters. The number of halogens is 3. The molecule has 9 heteroatoms. The van der Waals surface area contributed by atoms with Crippen LogP contribution in [0.3, 0.4) is 0 Å². The fraction of sp³-hybridized carbons (Fsp3) is 0.417. The van der Waals surface area contributed by atoms with Crippen molar-refractivity contribution in [1.29, 1.82) is 0 Å². The van der Waals surface area contributed by atoms with Gasteiger partial charge in [-0.1, -0.05) is 13.3 Å². The summed E-state index contributed by atoms with van der Waals surface area (Å²) >= 11 is 0. The van der Waals surface area contributed by atoms with Crippen molar-refractivity contribution in [2.75, 3.05) is 5.32 Å². The van der Waals surface area contributed by atoms with E-state index in [9.17, 15) is 28.1 Å². The number of anilines is 1. The number of benzene rings is 1. The van der Waals surface area contributed by atoms with Crippen molar-refractivity contribution in [2.24, 2.45) is 0 Å². The molecule has 1 atom stereocenters. The highest BCUT2D eigenvalue weighted by atomic mass is 19.4. The zero-order valence-electron chi connectivity index (χ0n) is 11.0. The topological polar surface area (TPSA) is 92.5 Å². The zero-order valence-corrected chi connectivity index (χ0v) is 11.0. The van der Waals surface area contributed by atoms with Crippen molar-refractivity contribution in [2.45, 2.75) is 32.0 Å². The molecule has 0 fully saturated rings. The summed E-state index contributed by atoms with van der Waals surface area (Å²) in [6, 6.07) is 0.944. The van der Waals surface area contributed by atoms with Crippen LogP contribution in [-0.2, 0) is 11.0 Å². The van der Waals surface area contributed by atoms with Crippen LogP contribution in [0.4, 0.5) is 24.5 Å². The third kappa shape index (κ3) is 4.33. The van der Waals surface area contributed by atoms with Gasteiger partial charge in [0, 0.05) is 17.8 Å². The van der Waals surface area contributed by atoms with Gasteiger partial charge < -0.3 is 10.4 Å². The molecule has 0 aromatic heterocycles. The Morgan fingerprint density at radius 1 is 1.48 bits per heavy atom. The molecule has 0 spiro atoms. The molecule has 0 radical (unpaired) electrons. The normalized spacial score (nSPS) is 12.8. The monoisotopic (exact) mass is 306 g/mol. The summed E-state index contributed by atoms with van der Waals surface area (Å²) in [6.45, 7) is 1.69. The molecule has 0 amide bonds. The van der Waals surface area contributed by atoms with E-state index in [2.05, 4.69) is 5.32 Å². The zero-order chi connectivity index (χ0) is 16.2. The number of nitrogens with zero attached hydrogens (tertiary/aromatic N) is 1. The van der Waals surface area contributed by atoms with E-state index in [4.69, 9.17) is 5.11 Å². The van der Waals surface area contributed by atoms with E-state index >= 15 is 0 Å². The highest BCUT2D eigenvalue weighted by molar-refractivity contribution is 5.78. The molecule has 0 saturated carbocycles. The second-order valence-corrected chi connectivity index (χ2v) is 4.31. The quantitative estimate of drug-likeness (QED) is 0.621. The lowest BCUT2D eigenvalue weighted by Crippen LogP contribution is -2.30. The van der Waals surface area contributed by atoms with Crippen LogP contribution in [-0.4, -0.2) is 22.0 Å². The van der Waals surface area contributed by atoms with Gasteiger partial charge >= 0.3 is 12.1 Å². The lowest BCUT2D eigenvalue weighted by molar-refractivity contribution is -0.385. The highest BCUT2D eigenvalue weighted by Crippen LogP contribution is 2.37. The predicted octanol–water partition coefficient (Wildman–Crippen LogP) is 3.28. The summed E-state index contributed by atoms with van der Waals surface area (Å²) in [7, 11) is 0. The number of rotatable bonds is 6. The molecule has 1 aromatic carbocycles. The molecule has 0 aliphatic rings. The number of alkyl halides is 3. The Morgan fingerprint density at radius 2 is 2.10 bits per heavy atom. The number of aliphatic carboxylic acids is 1. The SMILES string of the molecule is CCCC(Nc1ccc([N+](=O)[O-])cc1C(F)(F)F)C(=O)O. The molecule has 21 heavy (non-hydrogen) atoms. The van der Waals surface area contributed by atoms with Crippen molar-refractivity contribution in [1.82, 2.24) is 0 Å². The van der Waals surface area contributed by atoms with E-state index in [-0.39, 0.29) is 6.42 Å². The van der Waals surface area contributed by atoms with Gasteiger partial charge in [0.25, 0.3) is 5.69 Å². The minimum absolute atomic E-state index is 0.129. The minimum atomic E-state index is -4.83. The number of hydrogen-bond donors (Lipinski definition) is 2. The Labute approximate surface area is 117 Å². The lowest BCUT2D eigenvalue weighted by Gasteiger charge is -2.19. The first-order chi connectivity index (χ1) is 9.66. The van der Waals surface area contributed by atoms with Crippen LogP contribution in [0.15, 0.2) is 18.2 Å². The standard InChI is InChI=1S/C12H13F3N2O4/c1-2-3-10(11(18)19)16-9-5-4-7(17(20)21)6-8(9)12(13,14)15/h4-6,10,16H,2-3H2,1H3,(H,18,19).